The van der Waals surface area contributed by atoms with Crippen LogP contribution in [0.2, 0.25) is 0 Å². The molecule has 0 radical (unpaired) electrons. The van der Waals surface area contributed by atoms with E-state index in [-0.39, 0.29) is 13.0 Å². The Hall–Kier alpha value is -2.43. The quantitative estimate of drug-likeness (QED) is 0.271. The van der Waals surface area contributed by atoms with E-state index in [2.05, 4.69) is 20.6 Å². The molecule has 4 N–H and O–H groups in total. The highest BCUT2D eigenvalue weighted by atomic mass is 16.2. The molecule has 0 saturated heterocycles. The Bertz CT molecular complexity index is 388. The van der Waals surface area contributed by atoms with Crippen LogP contribution in [0.1, 0.15) is 6.42 Å². The van der Waals surface area contributed by atoms with Crippen LogP contribution in [-0.4, -0.2) is 26.5 Å². The Morgan fingerprint density at radius 3 is 3.13 bits per heavy atom. The summed E-state index contributed by atoms with van der Waals surface area (Å²) in [7, 11) is 0. The molecule has 0 saturated carbocycles. The van der Waals surface area contributed by atoms with Crippen molar-refractivity contribution in [3.63, 3.8) is 0 Å². The summed E-state index contributed by atoms with van der Waals surface area (Å²) >= 11 is 0. The zero-order chi connectivity index (χ0) is 11.1. The third-order valence-corrected chi connectivity index (χ3v) is 1.40. The molecule has 78 valence electrons. The van der Waals surface area contributed by atoms with Crippen molar-refractivity contribution < 1.29 is 9.90 Å². The second kappa shape index (κ2) is 5.33. The third-order valence-electron chi connectivity index (χ3n) is 1.40. The molecule has 0 aliphatic carbocycles. The molecule has 0 aliphatic heterocycles. The maximum atomic E-state index is 10.9. The first-order valence-electron chi connectivity index (χ1n) is 4.08. The van der Waals surface area contributed by atoms with E-state index in [1.165, 1.54) is 17.3 Å². The van der Waals surface area contributed by atoms with Crippen molar-refractivity contribution in [3.05, 3.63) is 12.7 Å². The van der Waals surface area contributed by atoms with Gasteiger partial charge < -0.3 is 0 Å². The third kappa shape index (κ3) is 3.86. The second-order valence-corrected chi connectivity index (χ2v) is 2.63. The van der Waals surface area contributed by atoms with Crippen LogP contribution < -0.4 is 16.3 Å². The molecule has 1 aromatic heterocycles. The van der Waals surface area contributed by atoms with Gasteiger partial charge in [-0.3, -0.25) is 10.5 Å². The Labute approximate surface area is 85.4 Å². The van der Waals surface area contributed by atoms with Gasteiger partial charge in [-0.15, -0.1) is 0 Å². The van der Waals surface area contributed by atoms with Gasteiger partial charge in [0.2, 0.25) is 0 Å². The highest BCUT2D eigenvalue weighted by Gasteiger charge is 2.03. The van der Waals surface area contributed by atoms with E-state index < -0.39 is 5.91 Å². The molecule has 0 aromatic carbocycles. The fourth-order valence-electron chi connectivity index (χ4n) is 0.794. The SMILES string of the molecule is N#CCC(=O)N[NH+]=C(N)Cn1cncn1. The molecule has 15 heavy (non-hydrogen) atoms. The first kappa shape index (κ1) is 10.6. The van der Waals surface area contributed by atoms with Crippen LogP contribution in [0, 0.1) is 11.3 Å². The average molecular weight is 208 g/mol. The summed E-state index contributed by atoms with van der Waals surface area (Å²) in [6.45, 7) is 0.285. The molecule has 1 amide bonds. The van der Waals surface area contributed by atoms with E-state index in [9.17, 15) is 4.79 Å². The molecule has 1 rings (SSSR count). The Morgan fingerprint density at radius 2 is 2.53 bits per heavy atom. The van der Waals surface area contributed by atoms with Gasteiger partial charge in [-0.1, -0.05) is 0 Å². The van der Waals surface area contributed by atoms with Gasteiger partial charge in [0, 0.05) is 0 Å². The smallest absolute Gasteiger partial charge is 0.285 e. The number of nitrogens with one attached hydrogen (secondary N) is 2. The number of carbonyl (C=O) groups is 1. The molecular weight excluding hydrogens is 198 g/mol. The average Bonchev–Trinajstić information content (AvgIpc) is 2.68. The minimum absolute atomic E-state index is 0.219. The lowest BCUT2D eigenvalue weighted by molar-refractivity contribution is -0.513. The fourth-order valence-corrected chi connectivity index (χ4v) is 0.794. The van der Waals surface area contributed by atoms with Crippen molar-refractivity contribution in [2.75, 3.05) is 0 Å². The number of hydrogen-bond donors (Lipinski definition) is 3. The lowest BCUT2D eigenvalue weighted by Gasteiger charge is -1.96. The van der Waals surface area contributed by atoms with E-state index >= 15 is 0 Å². The lowest BCUT2D eigenvalue weighted by Crippen LogP contribution is -2.86. The molecule has 0 unspecified atom stereocenters. The summed E-state index contributed by atoms with van der Waals surface area (Å²) in [4.78, 5) is 14.6. The number of hydrazone groups is 1. The van der Waals surface area contributed by atoms with Crippen LogP contribution in [0.4, 0.5) is 0 Å². The van der Waals surface area contributed by atoms with E-state index in [1.807, 2.05) is 0 Å². The van der Waals surface area contributed by atoms with Crippen molar-refractivity contribution >= 4 is 11.7 Å². The number of hydrogen-bond acceptors (Lipinski definition) is 4. The van der Waals surface area contributed by atoms with Crippen molar-refractivity contribution in [1.82, 2.24) is 20.2 Å². The summed E-state index contributed by atoms with van der Waals surface area (Å²) in [6.07, 6.45) is 2.65. The van der Waals surface area contributed by atoms with E-state index in [0.717, 1.165) is 0 Å². The largest absolute Gasteiger partial charge is 0.288 e. The van der Waals surface area contributed by atoms with Gasteiger partial charge >= 0.3 is 0 Å². The van der Waals surface area contributed by atoms with Crippen LogP contribution in [0.3, 0.4) is 0 Å². The Morgan fingerprint density at radius 1 is 1.73 bits per heavy atom. The topological polar surface area (TPSA) is 124 Å². The number of amidine groups is 1. The van der Waals surface area contributed by atoms with Gasteiger partial charge in [0.15, 0.2) is 0 Å². The summed E-state index contributed by atoms with van der Waals surface area (Å²) in [5.74, 6) is -0.147. The minimum atomic E-state index is -0.445. The molecule has 0 bridgehead atoms. The van der Waals surface area contributed by atoms with Crippen LogP contribution in [0.5, 0.6) is 0 Å². The Kier molecular flexibility index (Phi) is 3.79. The van der Waals surface area contributed by atoms with Gasteiger partial charge in [-0.05, 0) is 0 Å². The first-order valence-corrected chi connectivity index (χ1v) is 4.08. The zero-order valence-corrected chi connectivity index (χ0v) is 7.84. The van der Waals surface area contributed by atoms with Crippen molar-refractivity contribution in [2.24, 2.45) is 5.73 Å². The predicted molar refractivity (Wildman–Crippen MR) is 48.6 cm³/mol. The maximum Gasteiger partial charge on any atom is 0.285 e. The standard InChI is InChI=1S/C7H9N7O/c8-2-1-7(15)13-12-6(9)3-14-5-10-4-11-14/h4-5H,1,3H2,(H2,9,12)(H,13,15)/p+1. The molecule has 0 aliphatic rings. The Balaban J connectivity index is 2.40. The lowest BCUT2D eigenvalue weighted by atomic mass is 10.5. The highest BCUT2D eigenvalue weighted by molar-refractivity contribution is 5.78. The van der Waals surface area contributed by atoms with Crippen molar-refractivity contribution in [2.45, 2.75) is 13.0 Å². The van der Waals surface area contributed by atoms with E-state index in [1.54, 1.807) is 6.07 Å². The van der Waals surface area contributed by atoms with Crippen LogP contribution in [0.15, 0.2) is 12.7 Å². The number of nitrogens with two attached hydrogens (primary N) is 1. The number of nitriles is 1. The molecule has 8 heteroatoms. The normalized spacial score (nSPS) is 10.7. The fraction of sp³-hybridized carbons (Fsp3) is 0.286. The zero-order valence-electron chi connectivity index (χ0n) is 7.84. The van der Waals surface area contributed by atoms with Crippen LogP contribution in [-0.2, 0) is 11.3 Å². The molecule has 0 spiro atoms. The number of amides is 1. The van der Waals surface area contributed by atoms with Crippen molar-refractivity contribution in [3.8, 4) is 6.07 Å². The van der Waals surface area contributed by atoms with Crippen molar-refractivity contribution in [1.29, 1.82) is 5.26 Å². The van der Waals surface area contributed by atoms with Gasteiger partial charge in [0.05, 0.1) is 6.07 Å². The molecule has 0 fully saturated rings. The summed E-state index contributed by atoms with van der Waals surface area (Å²) in [5.41, 5.74) is 7.79. The molecule has 1 aromatic rings. The summed E-state index contributed by atoms with van der Waals surface area (Å²) < 4.78 is 1.48. The number of nitrogens with zero attached hydrogens (tertiary/aromatic N) is 4. The number of rotatable bonds is 4. The predicted octanol–water partition coefficient (Wildman–Crippen LogP) is -3.34. The van der Waals surface area contributed by atoms with Gasteiger partial charge in [0.1, 0.15) is 25.6 Å². The second-order valence-electron chi connectivity index (χ2n) is 2.63. The minimum Gasteiger partial charge on any atom is -0.288 e. The van der Waals surface area contributed by atoms with Crippen LogP contribution >= 0.6 is 0 Å². The number of aromatic nitrogens is 3. The molecular formula is C7H10N7O+. The monoisotopic (exact) mass is 208 g/mol. The molecule has 8 nitrogen and oxygen atoms in total. The highest BCUT2D eigenvalue weighted by Crippen LogP contribution is 1.75. The van der Waals surface area contributed by atoms with E-state index in [0.29, 0.717) is 5.84 Å². The summed E-state index contributed by atoms with van der Waals surface area (Å²) in [5, 5.41) is 14.5. The summed E-state index contributed by atoms with van der Waals surface area (Å²) in [6, 6.07) is 1.71. The van der Waals surface area contributed by atoms with Crippen LogP contribution in [0.25, 0.3) is 0 Å². The van der Waals surface area contributed by atoms with E-state index in [4.69, 9.17) is 11.0 Å². The number of hydrazine groups is 1. The first-order chi connectivity index (χ1) is 7.22. The van der Waals surface area contributed by atoms with Gasteiger partial charge in [0.25, 0.3) is 11.7 Å². The van der Waals surface area contributed by atoms with Gasteiger partial charge in [-0.2, -0.15) is 20.9 Å². The molecule has 1 heterocycles. The maximum absolute atomic E-state index is 10.9. The molecule has 0 atom stereocenters. The van der Waals surface area contributed by atoms with Gasteiger partial charge in [-0.25, -0.2) is 9.67 Å². The number of carbonyl (C=O) groups excluding carboxylic acids is 1.